The maximum Gasteiger partial charge on any atom is 0.391 e. The van der Waals surface area contributed by atoms with Gasteiger partial charge in [0.15, 0.2) is 6.10 Å². The molecule has 0 aliphatic heterocycles. The molecule has 84 valence electrons. The monoisotopic (exact) mass is 236 g/mol. The van der Waals surface area contributed by atoms with Gasteiger partial charge in [-0.15, -0.1) is 0 Å². The Morgan fingerprint density at radius 1 is 1.60 bits per heavy atom. The summed E-state index contributed by atoms with van der Waals surface area (Å²) in [5.74, 6) is 0. The van der Waals surface area contributed by atoms with Crippen LogP contribution in [0.1, 0.15) is 0 Å². The van der Waals surface area contributed by atoms with Gasteiger partial charge in [-0.05, 0) is 12.2 Å². The third-order valence-electron chi connectivity index (χ3n) is 1.97. The van der Waals surface area contributed by atoms with Gasteiger partial charge < -0.3 is 10.8 Å². The SMILES string of the molecule is NC1=CC([N+](=O)[O-])(S(=O)(=O)O)C(O)C=C1. The molecule has 0 saturated heterocycles. The molecule has 0 bridgehead atoms. The van der Waals surface area contributed by atoms with Gasteiger partial charge >= 0.3 is 15.0 Å². The molecular weight excluding hydrogens is 228 g/mol. The molecule has 15 heavy (non-hydrogen) atoms. The molecule has 0 aromatic carbocycles. The lowest BCUT2D eigenvalue weighted by Gasteiger charge is -2.24. The first-order chi connectivity index (χ1) is 6.72. The second-order valence-corrected chi connectivity index (χ2v) is 4.54. The molecule has 0 saturated carbocycles. The van der Waals surface area contributed by atoms with Crippen molar-refractivity contribution in [2.75, 3.05) is 0 Å². The highest BCUT2D eigenvalue weighted by Gasteiger charge is 2.60. The zero-order valence-corrected chi connectivity index (χ0v) is 8.09. The maximum absolute atomic E-state index is 10.9. The minimum Gasteiger partial charge on any atom is -0.399 e. The Morgan fingerprint density at radius 2 is 2.13 bits per heavy atom. The third-order valence-corrected chi connectivity index (χ3v) is 3.30. The van der Waals surface area contributed by atoms with E-state index in [0.29, 0.717) is 6.08 Å². The Bertz CT molecular complexity index is 452. The Morgan fingerprint density at radius 3 is 2.47 bits per heavy atom. The summed E-state index contributed by atoms with van der Waals surface area (Å²) in [5.41, 5.74) is 4.96. The zero-order chi connectivity index (χ0) is 11.9. The van der Waals surface area contributed by atoms with E-state index >= 15 is 0 Å². The van der Waals surface area contributed by atoms with Gasteiger partial charge in [-0.3, -0.25) is 14.7 Å². The standard InChI is InChI=1S/C6H8N2O6S/c7-4-1-2-5(9)6(3-4,8(10)11)15(12,13)14/h1-3,5,9H,7H2,(H,12,13,14). The molecule has 1 rings (SSSR count). The summed E-state index contributed by atoms with van der Waals surface area (Å²) >= 11 is 0. The molecule has 2 unspecified atom stereocenters. The average Bonchev–Trinajstić information content (AvgIpc) is 2.06. The quantitative estimate of drug-likeness (QED) is 0.304. The van der Waals surface area contributed by atoms with Crippen LogP contribution in [0.5, 0.6) is 0 Å². The van der Waals surface area contributed by atoms with E-state index in [1.807, 2.05) is 0 Å². The van der Waals surface area contributed by atoms with Gasteiger partial charge in [0.1, 0.15) is 0 Å². The van der Waals surface area contributed by atoms with Crippen LogP contribution in [0.25, 0.3) is 0 Å². The van der Waals surface area contributed by atoms with E-state index in [-0.39, 0.29) is 5.70 Å². The van der Waals surface area contributed by atoms with E-state index in [2.05, 4.69) is 0 Å². The molecule has 0 amide bonds. The molecule has 0 radical (unpaired) electrons. The molecule has 1 aliphatic carbocycles. The molecule has 4 N–H and O–H groups in total. The summed E-state index contributed by atoms with van der Waals surface area (Å²) in [4.78, 5) is 6.33. The van der Waals surface area contributed by atoms with Crippen molar-refractivity contribution in [2.24, 2.45) is 5.73 Å². The summed E-state index contributed by atoms with van der Waals surface area (Å²) in [5, 5.41) is 19.9. The first-order valence-corrected chi connectivity index (χ1v) is 5.12. The summed E-state index contributed by atoms with van der Waals surface area (Å²) in [7, 11) is -5.13. The van der Waals surface area contributed by atoms with Crippen LogP contribution < -0.4 is 5.73 Å². The third kappa shape index (κ3) is 1.60. The van der Waals surface area contributed by atoms with Crippen LogP contribution in [-0.2, 0) is 10.1 Å². The Hall–Kier alpha value is -1.45. The van der Waals surface area contributed by atoms with Gasteiger partial charge in [0, 0.05) is 11.8 Å². The fourth-order valence-corrected chi connectivity index (χ4v) is 2.05. The molecular formula is C6H8N2O6S. The Labute approximate surface area is 84.6 Å². The second-order valence-electron chi connectivity index (χ2n) is 2.93. The van der Waals surface area contributed by atoms with Crippen molar-refractivity contribution in [1.82, 2.24) is 0 Å². The van der Waals surface area contributed by atoms with Crippen LogP contribution in [0.4, 0.5) is 0 Å². The van der Waals surface area contributed by atoms with E-state index in [1.54, 1.807) is 0 Å². The molecule has 0 heterocycles. The van der Waals surface area contributed by atoms with Crippen LogP contribution in [0.3, 0.4) is 0 Å². The molecule has 0 fully saturated rings. The first kappa shape index (κ1) is 11.6. The first-order valence-electron chi connectivity index (χ1n) is 3.68. The number of rotatable bonds is 2. The number of nitrogens with zero attached hydrogens (tertiary/aromatic N) is 1. The summed E-state index contributed by atoms with van der Waals surface area (Å²) in [6, 6.07) is 0. The van der Waals surface area contributed by atoms with E-state index in [4.69, 9.17) is 10.3 Å². The molecule has 8 nitrogen and oxygen atoms in total. The van der Waals surface area contributed by atoms with E-state index in [1.165, 1.54) is 0 Å². The Kier molecular flexibility index (Phi) is 2.55. The highest BCUT2D eigenvalue weighted by molar-refractivity contribution is 7.87. The highest BCUT2D eigenvalue weighted by atomic mass is 32.2. The van der Waals surface area contributed by atoms with E-state index in [0.717, 1.165) is 12.2 Å². The number of aliphatic hydroxyl groups excluding tert-OH is 1. The summed E-state index contributed by atoms with van der Waals surface area (Å²) in [6.45, 7) is 0. The number of nitrogens with two attached hydrogens (primary N) is 1. The van der Waals surface area contributed by atoms with Crippen LogP contribution >= 0.6 is 0 Å². The predicted octanol–water partition coefficient (Wildman–Crippen LogP) is -1.38. The number of allylic oxidation sites excluding steroid dienone is 1. The predicted molar refractivity (Wildman–Crippen MR) is 48.7 cm³/mol. The van der Waals surface area contributed by atoms with Crippen molar-refractivity contribution >= 4 is 10.1 Å². The fourth-order valence-electron chi connectivity index (χ4n) is 1.19. The lowest BCUT2D eigenvalue weighted by Crippen LogP contribution is -2.54. The minimum absolute atomic E-state index is 0.227. The van der Waals surface area contributed by atoms with Crippen LogP contribution in [0.15, 0.2) is 23.9 Å². The van der Waals surface area contributed by atoms with Gasteiger partial charge in [0.05, 0.1) is 4.92 Å². The summed E-state index contributed by atoms with van der Waals surface area (Å²) in [6.07, 6.45) is 0.436. The summed E-state index contributed by atoms with van der Waals surface area (Å²) < 4.78 is 30.6. The van der Waals surface area contributed by atoms with Gasteiger partial charge in [-0.25, -0.2) is 0 Å². The van der Waals surface area contributed by atoms with Crippen molar-refractivity contribution < 1.29 is 23.0 Å². The van der Waals surface area contributed by atoms with Gasteiger partial charge in [0.25, 0.3) is 0 Å². The number of nitro groups is 1. The van der Waals surface area contributed by atoms with Crippen molar-refractivity contribution in [3.05, 3.63) is 34.0 Å². The molecule has 9 heteroatoms. The largest absolute Gasteiger partial charge is 0.399 e. The minimum atomic E-state index is -5.13. The molecule has 0 aromatic rings. The number of hydrogen-bond donors (Lipinski definition) is 3. The van der Waals surface area contributed by atoms with Crippen molar-refractivity contribution in [3.8, 4) is 0 Å². The second kappa shape index (κ2) is 3.29. The van der Waals surface area contributed by atoms with Gasteiger partial charge in [-0.1, -0.05) is 0 Å². The molecule has 1 aliphatic rings. The topological polar surface area (TPSA) is 144 Å². The van der Waals surface area contributed by atoms with Crippen molar-refractivity contribution in [2.45, 2.75) is 11.0 Å². The normalized spacial score (nSPS) is 31.1. The lowest BCUT2D eigenvalue weighted by molar-refractivity contribution is -0.537. The van der Waals surface area contributed by atoms with Crippen LogP contribution in [-0.4, -0.2) is 34.0 Å². The molecule has 2 atom stereocenters. The van der Waals surface area contributed by atoms with E-state index in [9.17, 15) is 23.6 Å². The van der Waals surface area contributed by atoms with Crippen molar-refractivity contribution in [3.63, 3.8) is 0 Å². The van der Waals surface area contributed by atoms with E-state index < -0.39 is 26.0 Å². The van der Waals surface area contributed by atoms with Gasteiger partial charge in [0.2, 0.25) is 0 Å². The number of aliphatic hydroxyl groups is 1. The number of hydrogen-bond acceptors (Lipinski definition) is 6. The molecule has 0 spiro atoms. The average molecular weight is 236 g/mol. The smallest absolute Gasteiger partial charge is 0.391 e. The van der Waals surface area contributed by atoms with Crippen LogP contribution in [0, 0.1) is 10.1 Å². The lowest BCUT2D eigenvalue weighted by atomic mass is 10.0. The maximum atomic E-state index is 10.9. The van der Waals surface area contributed by atoms with Crippen molar-refractivity contribution in [1.29, 1.82) is 0 Å². The zero-order valence-electron chi connectivity index (χ0n) is 7.27. The Balaban J connectivity index is 3.50. The fraction of sp³-hybridized carbons (Fsp3) is 0.333. The highest BCUT2D eigenvalue weighted by Crippen LogP contribution is 2.28. The van der Waals surface area contributed by atoms with Gasteiger partial charge in [-0.2, -0.15) is 8.42 Å². The van der Waals surface area contributed by atoms with Crippen LogP contribution in [0.2, 0.25) is 0 Å². The molecule has 0 aromatic heterocycles.